The Kier molecular flexibility index (Phi) is 3.13. The standard InChI is InChI=1S/C12H11F3N2O/c1-8-5-16-17(6-8)10-3-2-9(7-18)11(4-10)12(13,14)15/h2-6,18H,7H2,1H3. The number of aryl methyl sites for hydroxylation is 1. The Morgan fingerprint density at radius 2 is 2.06 bits per heavy atom. The Morgan fingerprint density at radius 3 is 2.56 bits per heavy atom. The molecule has 2 aromatic rings. The first-order valence-corrected chi connectivity index (χ1v) is 5.24. The summed E-state index contributed by atoms with van der Waals surface area (Å²) >= 11 is 0. The zero-order valence-electron chi connectivity index (χ0n) is 9.57. The molecule has 0 unspecified atom stereocenters. The lowest BCUT2D eigenvalue weighted by molar-refractivity contribution is -0.138. The average Bonchev–Trinajstić information content (AvgIpc) is 2.74. The van der Waals surface area contributed by atoms with E-state index < -0.39 is 18.3 Å². The molecule has 96 valence electrons. The van der Waals surface area contributed by atoms with E-state index in [9.17, 15) is 13.2 Å². The van der Waals surface area contributed by atoms with Crippen molar-refractivity contribution in [1.29, 1.82) is 0 Å². The van der Waals surface area contributed by atoms with Crippen LogP contribution in [0.2, 0.25) is 0 Å². The van der Waals surface area contributed by atoms with Crippen LogP contribution in [0, 0.1) is 6.92 Å². The molecule has 1 heterocycles. The second-order valence-corrected chi connectivity index (χ2v) is 3.96. The molecule has 0 amide bonds. The highest BCUT2D eigenvalue weighted by atomic mass is 19.4. The van der Waals surface area contributed by atoms with E-state index in [1.54, 1.807) is 19.3 Å². The maximum absolute atomic E-state index is 12.8. The molecule has 1 aromatic carbocycles. The lowest BCUT2D eigenvalue weighted by Crippen LogP contribution is -2.10. The van der Waals surface area contributed by atoms with Gasteiger partial charge in [-0.05, 0) is 30.2 Å². The largest absolute Gasteiger partial charge is 0.416 e. The van der Waals surface area contributed by atoms with Crippen LogP contribution in [0.4, 0.5) is 13.2 Å². The first-order chi connectivity index (χ1) is 8.41. The topological polar surface area (TPSA) is 38.0 Å². The van der Waals surface area contributed by atoms with Crippen molar-refractivity contribution in [3.05, 3.63) is 47.3 Å². The fraction of sp³-hybridized carbons (Fsp3) is 0.250. The van der Waals surface area contributed by atoms with Gasteiger partial charge in [-0.3, -0.25) is 0 Å². The minimum absolute atomic E-state index is 0.143. The summed E-state index contributed by atoms with van der Waals surface area (Å²) in [6.07, 6.45) is -1.29. The van der Waals surface area contributed by atoms with Crippen molar-refractivity contribution < 1.29 is 18.3 Å². The number of rotatable bonds is 2. The van der Waals surface area contributed by atoms with Gasteiger partial charge in [-0.15, -0.1) is 0 Å². The Hall–Kier alpha value is -1.82. The van der Waals surface area contributed by atoms with E-state index in [1.165, 1.54) is 16.8 Å². The summed E-state index contributed by atoms with van der Waals surface area (Å²) in [7, 11) is 0. The number of nitrogens with zero attached hydrogens (tertiary/aromatic N) is 2. The van der Waals surface area contributed by atoms with Gasteiger partial charge >= 0.3 is 6.18 Å². The zero-order chi connectivity index (χ0) is 13.3. The average molecular weight is 256 g/mol. The van der Waals surface area contributed by atoms with Crippen LogP contribution >= 0.6 is 0 Å². The van der Waals surface area contributed by atoms with Crippen molar-refractivity contribution in [3.8, 4) is 5.69 Å². The van der Waals surface area contributed by atoms with Gasteiger partial charge in [0.2, 0.25) is 0 Å². The van der Waals surface area contributed by atoms with Crippen LogP contribution in [-0.2, 0) is 12.8 Å². The number of hydrogen-bond acceptors (Lipinski definition) is 2. The summed E-state index contributed by atoms with van der Waals surface area (Å²) in [4.78, 5) is 0. The molecule has 18 heavy (non-hydrogen) atoms. The van der Waals surface area contributed by atoms with Crippen molar-refractivity contribution in [2.45, 2.75) is 19.7 Å². The molecule has 1 N–H and O–H groups in total. The maximum atomic E-state index is 12.8. The van der Waals surface area contributed by atoms with Gasteiger partial charge in [0.1, 0.15) is 0 Å². The Labute approximate surface area is 101 Å². The van der Waals surface area contributed by atoms with Gasteiger partial charge in [-0.1, -0.05) is 6.07 Å². The van der Waals surface area contributed by atoms with Crippen LogP contribution in [-0.4, -0.2) is 14.9 Å². The Balaban J connectivity index is 2.52. The molecule has 0 aliphatic carbocycles. The quantitative estimate of drug-likeness (QED) is 0.897. The molecular weight excluding hydrogens is 245 g/mol. The fourth-order valence-electron chi connectivity index (χ4n) is 1.66. The first kappa shape index (κ1) is 12.6. The van der Waals surface area contributed by atoms with E-state index in [1.807, 2.05) is 0 Å². The fourth-order valence-corrected chi connectivity index (χ4v) is 1.66. The van der Waals surface area contributed by atoms with E-state index in [0.717, 1.165) is 11.6 Å². The monoisotopic (exact) mass is 256 g/mol. The van der Waals surface area contributed by atoms with Gasteiger partial charge in [-0.25, -0.2) is 4.68 Å². The van der Waals surface area contributed by atoms with Gasteiger partial charge < -0.3 is 5.11 Å². The van der Waals surface area contributed by atoms with Crippen molar-refractivity contribution in [1.82, 2.24) is 9.78 Å². The molecule has 0 fully saturated rings. The van der Waals surface area contributed by atoms with E-state index in [2.05, 4.69) is 5.10 Å². The molecular formula is C12H11F3N2O. The minimum atomic E-state index is -4.49. The van der Waals surface area contributed by atoms with Crippen LogP contribution in [0.5, 0.6) is 0 Å². The number of aliphatic hydroxyl groups is 1. The normalized spacial score (nSPS) is 11.8. The van der Waals surface area contributed by atoms with E-state index in [-0.39, 0.29) is 5.56 Å². The molecule has 0 spiro atoms. The van der Waals surface area contributed by atoms with Gasteiger partial charge in [-0.2, -0.15) is 18.3 Å². The van der Waals surface area contributed by atoms with Crippen LogP contribution in [0.3, 0.4) is 0 Å². The molecule has 0 saturated carbocycles. The second kappa shape index (κ2) is 4.45. The van der Waals surface area contributed by atoms with E-state index in [0.29, 0.717) is 5.69 Å². The summed E-state index contributed by atoms with van der Waals surface area (Å²) in [5.41, 5.74) is 0.188. The number of halogens is 3. The number of hydrogen-bond donors (Lipinski definition) is 1. The lowest BCUT2D eigenvalue weighted by atomic mass is 10.1. The SMILES string of the molecule is Cc1cnn(-c2ccc(CO)c(C(F)(F)F)c2)c1. The van der Waals surface area contributed by atoms with Gasteiger partial charge in [0, 0.05) is 6.20 Å². The van der Waals surface area contributed by atoms with Crippen LogP contribution in [0.15, 0.2) is 30.6 Å². The molecule has 0 saturated heterocycles. The molecule has 0 radical (unpaired) electrons. The summed E-state index contributed by atoms with van der Waals surface area (Å²) in [5.74, 6) is 0. The Bertz CT molecular complexity index is 561. The first-order valence-electron chi connectivity index (χ1n) is 5.24. The smallest absolute Gasteiger partial charge is 0.392 e. The third-order valence-corrected chi connectivity index (χ3v) is 2.55. The molecule has 1 aromatic heterocycles. The van der Waals surface area contributed by atoms with Gasteiger partial charge in [0.15, 0.2) is 0 Å². The molecule has 6 heteroatoms. The van der Waals surface area contributed by atoms with Crippen molar-refractivity contribution >= 4 is 0 Å². The highest BCUT2D eigenvalue weighted by Crippen LogP contribution is 2.33. The number of alkyl halides is 3. The van der Waals surface area contributed by atoms with Gasteiger partial charge in [0.05, 0.1) is 24.1 Å². The molecule has 0 bridgehead atoms. The lowest BCUT2D eigenvalue weighted by Gasteiger charge is -2.13. The molecule has 2 rings (SSSR count). The maximum Gasteiger partial charge on any atom is 0.416 e. The van der Waals surface area contributed by atoms with Crippen molar-refractivity contribution in [2.24, 2.45) is 0 Å². The summed E-state index contributed by atoms with van der Waals surface area (Å²) in [5, 5.41) is 12.9. The number of aliphatic hydroxyl groups excluding tert-OH is 1. The van der Waals surface area contributed by atoms with E-state index >= 15 is 0 Å². The van der Waals surface area contributed by atoms with Crippen LogP contribution in [0.1, 0.15) is 16.7 Å². The minimum Gasteiger partial charge on any atom is -0.392 e. The third-order valence-electron chi connectivity index (χ3n) is 2.55. The highest BCUT2D eigenvalue weighted by molar-refractivity contribution is 5.41. The Morgan fingerprint density at radius 1 is 1.33 bits per heavy atom. The van der Waals surface area contributed by atoms with Crippen LogP contribution in [0.25, 0.3) is 5.69 Å². The number of benzene rings is 1. The van der Waals surface area contributed by atoms with Crippen LogP contribution < -0.4 is 0 Å². The number of aromatic nitrogens is 2. The highest BCUT2D eigenvalue weighted by Gasteiger charge is 2.33. The zero-order valence-corrected chi connectivity index (χ0v) is 9.57. The summed E-state index contributed by atoms with van der Waals surface area (Å²) in [6, 6.07) is 3.74. The van der Waals surface area contributed by atoms with Crippen molar-refractivity contribution in [3.63, 3.8) is 0 Å². The van der Waals surface area contributed by atoms with Crippen molar-refractivity contribution in [2.75, 3.05) is 0 Å². The second-order valence-electron chi connectivity index (χ2n) is 3.96. The molecule has 3 nitrogen and oxygen atoms in total. The predicted molar refractivity (Wildman–Crippen MR) is 59.2 cm³/mol. The van der Waals surface area contributed by atoms with Gasteiger partial charge in [0.25, 0.3) is 0 Å². The third kappa shape index (κ3) is 2.38. The molecule has 0 atom stereocenters. The summed E-state index contributed by atoms with van der Waals surface area (Å²) in [6.45, 7) is 1.16. The molecule has 0 aliphatic heterocycles. The van der Waals surface area contributed by atoms with E-state index in [4.69, 9.17) is 5.11 Å². The predicted octanol–water partition coefficient (Wildman–Crippen LogP) is 2.69. The molecule has 0 aliphatic rings. The summed E-state index contributed by atoms with van der Waals surface area (Å²) < 4.78 is 39.8.